The van der Waals surface area contributed by atoms with E-state index in [2.05, 4.69) is 47.3 Å². The molecule has 1 rings (SSSR count). The first-order chi connectivity index (χ1) is 7.38. The summed E-state index contributed by atoms with van der Waals surface area (Å²) in [5.74, 6) is -0.223. The van der Waals surface area contributed by atoms with Crippen LogP contribution < -0.4 is 10.6 Å². The van der Waals surface area contributed by atoms with E-state index in [1.807, 2.05) is 0 Å². The minimum absolute atomic E-state index is 0.0947. The Bertz CT molecular complexity index is 347. The third kappa shape index (κ3) is 4.94. The van der Waals surface area contributed by atoms with E-state index in [0.29, 0.717) is 12.2 Å². The first-order valence-electron chi connectivity index (χ1n) is 5.32. The molecule has 0 atom stereocenters. The van der Waals surface area contributed by atoms with Gasteiger partial charge < -0.3 is 10.6 Å². The quantitative estimate of drug-likeness (QED) is 0.830. The van der Waals surface area contributed by atoms with Crippen LogP contribution in [0.4, 0.5) is 10.1 Å². The lowest BCUT2D eigenvalue weighted by Gasteiger charge is -2.20. The van der Waals surface area contributed by atoms with Gasteiger partial charge in [-0.15, -0.1) is 0 Å². The summed E-state index contributed by atoms with van der Waals surface area (Å²) < 4.78 is 14.2. The number of nitrogens with one attached hydrogen (secondary N) is 2. The first kappa shape index (κ1) is 13.5. The van der Waals surface area contributed by atoms with E-state index in [1.165, 1.54) is 6.07 Å². The van der Waals surface area contributed by atoms with Gasteiger partial charge in [-0.3, -0.25) is 0 Å². The van der Waals surface area contributed by atoms with Gasteiger partial charge in [0.15, 0.2) is 0 Å². The fourth-order valence-electron chi connectivity index (χ4n) is 1.27. The number of benzene rings is 1. The van der Waals surface area contributed by atoms with Crippen LogP contribution in [0, 0.1) is 5.82 Å². The number of hydrogen-bond donors (Lipinski definition) is 2. The zero-order chi connectivity index (χ0) is 12.2. The van der Waals surface area contributed by atoms with Crippen molar-refractivity contribution in [3.63, 3.8) is 0 Å². The third-order valence-corrected chi connectivity index (χ3v) is 2.52. The lowest BCUT2D eigenvalue weighted by atomic mass is 10.1. The Hall–Kier alpha value is -0.610. The molecule has 0 radical (unpaired) electrons. The highest BCUT2D eigenvalue weighted by Crippen LogP contribution is 2.19. The predicted molar refractivity (Wildman–Crippen MR) is 70.3 cm³/mol. The minimum atomic E-state index is -0.223. The van der Waals surface area contributed by atoms with Crippen molar-refractivity contribution in [1.82, 2.24) is 5.32 Å². The average Bonchev–Trinajstić information content (AvgIpc) is 2.16. The van der Waals surface area contributed by atoms with Gasteiger partial charge in [0.1, 0.15) is 5.82 Å². The van der Waals surface area contributed by atoms with Gasteiger partial charge in [-0.05, 0) is 39.0 Å². The van der Waals surface area contributed by atoms with Crippen LogP contribution in [0.5, 0.6) is 0 Å². The summed E-state index contributed by atoms with van der Waals surface area (Å²) in [4.78, 5) is 0. The van der Waals surface area contributed by atoms with Crippen LogP contribution in [-0.4, -0.2) is 18.6 Å². The van der Waals surface area contributed by atoms with E-state index < -0.39 is 0 Å². The Kier molecular flexibility index (Phi) is 4.74. The number of hydrogen-bond acceptors (Lipinski definition) is 2. The van der Waals surface area contributed by atoms with Crippen molar-refractivity contribution in [3.05, 3.63) is 28.5 Å². The molecule has 0 aliphatic heterocycles. The van der Waals surface area contributed by atoms with Crippen molar-refractivity contribution in [1.29, 1.82) is 0 Å². The van der Waals surface area contributed by atoms with Gasteiger partial charge in [-0.1, -0.05) is 15.9 Å². The lowest BCUT2D eigenvalue weighted by Crippen LogP contribution is -2.38. The Morgan fingerprint density at radius 3 is 2.56 bits per heavy atom. The maximum atomic E-state index is 13.3. The molecule has 0 bridgehead atoms. The maximum Gasteiger partial charge on any atom is 0.146 e. The first-order valence-corrected chi connectivity index (χ1v) is 6.12. The number of halogens is 2. The number of anilines is 1. The highest BCUT2D eigenvalue weighted by Gasteiger charge is 2.07. The standard InChI is InChI=1S/C12H18BrFN2/c1-12(2,3)16-7-6-15-11-8-9(13)4-5-10(11)14/h4-5,8,15-16H,6-7H2,1-3H3. The van der Waals surface area contributed by atoms with Gasteiger partial charge >= 0.3 is 0 Å². The smallest absolute Gasteiger partial charge is 0.146 e. The summed E-state index contributed by atoms with van der Waals surface area (Å²) in [6.07, 6.45) is 0. The largest absolute Gasteiger partial charge is 0.381 e. The van der Waals surface area contributed by atoms with Gasteiger partial charge in [0.2, 0.25) is 0 Å². The molecule has 0 aliphatic rings. The Balaban J connectivity index is 2.40. The molecule has 0 spiro atoms. The van der Waals surface area contributed by atoms with E-state index in [-0.39, 0.29) is 11.4 Å². The van der Waals surface area contributed by atoms with Crippen LogP contribution in [-0.2, 0) is 0 Å². The van der Waals surface area contributed by atoms with E-state index in [0.717, 1.165) is 11.0 Å². The van der Waals surface area contributed by atoms with Gasteiger partial charge in [0.25, 0.3) is 0 Å². The summed E-state index contributed by atoms with van der Waals surface area (Å²) >= 11 is 3.31. The minimum Gasteiger partial charge on any atom is -0.381 e. The van der Waals surface area contributed by atoms with E-state index in [1.54, 1.807) is 12.1 Å². The summed E-state index contributed by atoms with van der Waals surface area (Å²) in [7, 11) is 0. The van der Waals surface area contributed by atoms with Crippen LogP contribution in [0.3, 0.4) is 0 Å². The van der Waals surface area contributed by atoms with E-state index >= 15 is 0 Å². The second kappa shape index (κ2) is 5.64. The normalized spacial score (nSPS) is 11.6. The van der Waals surface area contributed by atoms with Crippen molar-refractivity contribution in [2.24, 2.45) is 0 Å². The zero-order valence-corrected chi connectivity index (χ0v) is 11.5. The molecule has 0 fully saturated rings. The van der Waals surface area contributed by atoms with Crippen LogP contribution >= 0.6 is 15.9 Å². The Labute approximate surface area is 105 Å². The molecule has 2 N–H and O–H groups in total. The monoisotopic (exact) mass is 288 g/mol. The van der Waals surface area contributed by atoms with E-state index in [4.69, 9.17) is 0 Å². The lowest BCUT2D eigenvalue weighted by molar-refractivity contribution is 0.435. The molecule has 90 valence electrons. The van der Waals surface area contributed by atoms with Crippen LogP contribution in [0.25, 0.3) is 0 Å². The molecule has 1 aromatic rings. The summed E-state index contributed by atoms with van der Waals surface area (Å²) in [5, 5.41) is 6.39. The second-order valence-corrected chi connectivity index (χ2v) is 5.64. The Morgan fingerprint density at radius 1 is 1.25 bits per heavy atom. The topological polar surface area (TPSA) is 24.1 Å². The molecule has 0 aromatic heterocycles. The van der Waals surface area contributed by atoms with Crippen molar-refractivity contribution < 1.29 is 4.39 Å². The molecule has 4 heteroatoms. The predicted octanol–water partition coefficient (Wildman–Crippen LogP) is 3.39. The molecular formula is C12H18BrFN2. The van der Waals surface area contributed by atoms with Gasteiger partial charge in [0, 0.05) is 23.1 Å². The highest BCUT2D eigenvalue weighted by molar-refractivity contribution is 9.10. The molecule has 0 saturated carbocycles. The summed E-state index contributed by atoms with van der Waals surface area (Å²) in [5.41, 5.74) is 0.627. The van der Waals surface area contributed by atoms with E-state index in [9.17, 15) is 4.39 Å². The van der Waals surface area contributed by atoms with Crippen molar-refractivity contribution >= 4 is 21.6 Å². The van der Waals surface area contributed by atoms with Gasteiger partial charge in [-0.2, -0.15) is 0 Å². The maximum absolute atomic E-state index is 13.3. The van der Waals surface area contributed by atoms with Crippen LogP contribution in [0.2, 0.25) is 0 Å². The van der Waals surface area contributed by atoms with Crippen molar-refractivity contribution in [2.45, 2.75) is 26.3 Å². The van der Waals surface area contributed by atoms with Crippen LogP contribution in [0.15, 0.2) is 22.7 Å². The number of rotatable bonds is 4. The summed E-state index contributed by atoms with van der Waals surface area (Å²) in [6.45, 7) is 7.81. The van der Waals surface area contributed by atoms with Crippen molar-refractivity contribution in [2.75, 3.05) is 18.4 Å². The molecule has 0 saturated heterocycles. The molecule has 0 unspecified atom stereocenters. The zero-order valence-electron chi connectivity index (χ0n) is 9.90. The van der Waals surface area contributed by atoms with Gasteiger partial charge in [0.05, 0.1) is 5.69 Å². The fourth-order valence-corrected chi connectivity index (χ4v) is 1.63. The Morgan fingerprint density at radius 2 is 1.94 bits per heavy atom. The average molecular weight is 289 g/mol. The molecule has 0 aliphatic carbocycles. The summed E-state index contributed by atoms with van der Waals surface area (Å²) in [6, 6.07) is 4.88. The SMILES string of the molecule is CC(C)(C)NCCNc1cc(Br)ccc1F. The molecule has 2 nitrogen and oxygen atoms in total. The van der Waals surface area contributed by atoms with Crippen molar-refractivity contribution in [3.8, 4) is 0 Å². The van der Waals surface area contributed by atoms with Crippen LogP contribution in [0.1, 0.15) is 20.8 Å². The molecule has 0 amide bonds. The second-order valence-electron chi connectivity index (χ2n) is 4.73. The molecule has 16 heavy (non-hydrogen) atoms. The van der Waals surface area contributed by atoms with Gasteiger partial charge in [-0.25, -0.2) is 4.39 Å². The molecule has 1 aromatic carbocycles. The highest BCUT2D eigenvalue weighted by atomic mass is 79.9. The molecular weight excluding hydrogens is 271 g/mol. The molecule has 0 heterocycles. The third-order valence-electron chi connectivity index (χ3n) is 2.02. The fraction of sp³-hybridized carbons (Fsp3) is 0.500.